The van der Waals surface area contributed by atoms with Crippen molar-refractivity contribution in [3.05, 3.63) is 29.8 Å². The van der Waals surface area contributed by atoms with Crippen LogP contribution in [0.1, 0.15) is 25.8 Å². The van der Waals surface area contributed by atoms with Crippen LogP contribution in [0.25, 0.3) is 0 Å². The van der Waals surface area contributed by atoms with Gasteiger partial charge in [-0.05, 0) is 51.4 Å². The summed E-state index contributed by atoms with van der Waals surface area (Å²) in [5.74, 6) is -0.708. The number of carbonyl (C=O) groups is 1. The molecule has 21 heavy (non-hydrogen) atoms. The van der Waals surface area contributed by atoms with Crippen molar-refractivity contribution in [2.75, 3.05) is 37.6 Å². The third-order valence-electron chi connectivity index (χ3n) is 4.37. The van der Waals surface area contributed by atoms with Crippen molar-refractivity contribution in [3.8, 4) is 0 Å². The van der Waals surface area contributed by atoms with Crippen molar-refractivity contribution in [3.63, 3.8) is 0 Å². The summed E-state index contributed by atoms with van der Waals surface area (Å²) in [6.07, 6.45) is 0.701. The van der Waals surface area contributed by atoms with E-state index in [2.05, 4.69) is 41.0 Å². The van der Waals surface area contributed by atoms with Crippen LogP contribution in [-0.2, 0) is 4.79 Å². The number of piperazine rings is 1. The highest BCUT2D eigenvalue weighted by Crippen LogP contribution is 2.22. The fourth-order valence-electron chi connectivity index (χ4n) is 2.60. The van der Waals surface area contributed by atoms with Crippen molar-refractivity contribution in [2.24, 2.45) is 5.41 Å². The van der Waals surface area contributed by atoms with Crippen molar-refractivity contribution < 1.29 is 9.90 Å². The van der Waals surface area contributed by atoms with Gasteiger partial charge >= 0.3 is 5.97 Å². The molecule has 4 nitrogen and oxygen atoms in total. The van der Waals surface area contributed by atoms with Gasteiger partial charge in [0.1, 0.15) is 0 Å². The highest BCUT2D eigenvalue weighted by Gasteiger charge is 2.28. The Morgan fingerprint density at radius 2 is 1.90 bits per heavy atom. The highest BCUT2D eigenvalue weighted by atomic mass is 16.4. The van der Waals surface area contributed by atoms with Gasteiger partial charge in [0.2, 0.25) is 0 Å². The number of benzene rings is 1. The Labute approximate surface area is 127 Å². The second-order valence-electron chi connectivity index (χ2n) is 6.61. The molecular formula is C17H26N2O2. The number of nitrogens with zero attached hydrogens (tertiary/aromatic N) is 2. The van der Waals surface area contributed by atoms with E-state index in [0.29, 0.717) is 6.42 Å². The Kier molecular flexibility index (Phi) is 4.88. The van der Waals surface area contributed by atoms with Crippen LogP contribution in [0.5, 0.6) is 0 Å². The number of carboxylic acids is 1. The number of hydrogen-bond donors (Lipinski definition) is 1. The molecule has 1 aromatic rings. The minimum absolute atomic E-state index is 0.631. The van der Waals surface area contributed by atoms with Crippen molar-refractivity contribution >= 4 is 11.7 Å². The molecule has 0 saturated carbocycles. The first kappa shape index (κ1) is 15.8. The molecule has 0 unspecified atom stereocenters. The molecule has 1 saturated heterocycles. The van der Waals surface area contributed by atoms with Gasteiger partial charge in [0, 0.05) is 31.9 Å². The number of rotatable bonds is 5. The van der Waals surface area contributed by atoms with E-state index in [1.54, 1.807) is 13.8 Å². The van der Waals surface area contributed by atoms with Crippen LogP contribution in [0.15, 0.2) is 24.3 Å². The lowest BCUT2D eigenvalue weighted by molar-refractivity contribution is -0.147. The molecule has 1 aliphatic heterocycles. The molecule has 1 N–H and O–H groups in total. The zero-order chi connectivity index (χ0) is 15.5. The summed E-state index contributed by atoms with van der Waals surface area (Å²) in [5.41, 5.74) is 1.95. The van der Waals surface area contributed by atoms with E-state index in [9.17, 15) is 4.79 Å². The van der Waals surface area contributed by atoms with E-state index in [1.165, 1.54) is 11.3 Å². The van der Waals surface area contributed by atoms with E-state index >= 15 is 0 Å². The van der Waals surface area contributed by atoms with Gasteiger partial charge in [-0.25, -0.2) is 0 Å². The quantitative estimate of drug-likeness (QED) is 0.905. The summed E-state index contributed by atoms with van der Waals surface area (Å²) < 4.78 is 0. The minimum atomic E-state index is -0.708. The smallest absolute Gasteiger partial charge is 0.309 e. The standard InChI is InChI=1S/C17H26N2O2/c1-14-5-4-6-15(13-14)19-11-9-18(10-12-19)8-7-17(2,3)16(20)21/h4-6,13H,7-12H2,1-3H3,(H,20,21). The Bertz CT molecular complexity index is 491. The average Bonchev–Trinajstić information content (AvgIpc) is 2.45. The Morgan fingerprint density at radius 3 is 2.48 bits per heavy atom. The molecule has 0 spiro atoms. The highest BCUT2D eigenvalue weighted by molar-refractivity contribution is 5.73. The second-order valence-corrected chi connectivity index (χ2v) is 6.61. The van der Waals surface area contributed by atoms with Gasteiger partial charge in [-0.3, -0.25) is 9.69 Å². The maximum atomic E-state index is 11.1. The van der Waals surface area contributed by atoms with Crippen molar-refractivity contribution in [1.29, 1.82) is 0 Å². The molecule has 0 amide bonds. The first-order chi connectivity index (χ1) is 9.88. The monoisotopic (exact) mass is 290 g/mol. The summed E-state index contributed by atoms with van der Waals surface area (Å²) in [5, 5.41) is 9.16. The molecule has 2 rings (SSSR count). The lowest BCUT2D eigenvalue weighted by Gasteiger charge is -2.37. The van der Waals surface area contributed by atoms with Crippen LogP contribution in [0.3, 0.4) is 0 Å². The number of aliphatic carboxylic acids is 1. The fourth-order valence-corrected chi connectivity index (χ4v) is 2.60. The lowest BCUT2D eigenvalue weighted by atomic mass is 9.89. The molecule has 116 valence electrons. The first-order valence-electron chi connectivity index (χ1n) is 7.66. The topological polar surface area (TPSA) is 43.8 Å². The second kappa shape index (κ2) is 6.48. The molecule has 0 atom stereocenters. The molecule has 1 fully saturated rings. The summed E-state index contributed by atoms with van der Waals surface area (Å²) in [7, 11) is 0. The normalized spacial score (nSPS) is 17.0. The molecule has 0 bridgehead atoms. The number of aryl methyl sites for hydroxylation is 1. The SMILES string of the molecule is Cc1cccc(N2CCN(CCC(C)(C)C(=O)O)CC2)c1. The lowest BCUT2D eigenvalue weighted by Crippen LogP contribution is -2.47. The number of carboxylic acid groups (broad SMARTS) is 1. The maximum absolute atomic E-state index is 11.1. The van der Waals surface area contributed by atoms with Gasteiger partial charge in [-0.1, -0.05) is 12.1 Å². The molecule has 1 heterocycles. The summed E-state index contributed by atoms with van der Waals surface area (Å²) in [6, 6.07) is 8.61. The largest absolute Gasteiger partial charge is 0.481 e. The van der Waals surface area contributed by atoms with E-state index in [1.807, 2.05) is 0 Å². The molecule has 1 aromatic carbocycles. The predicted molar refractivity (Wildman–Crippen MR) is 85.9 cm³/mol. The predicted octanol–water partition coefficient (Wildman–Crippen LogP) is 2.62. The minimum Gasteiger partial charge on any atom is -0.481 e. The van der Waals surface area contributed by atoms with Crippen LogP contribution in [0, 0.1) is 12.3 Å². The third kappa shape index (κ3) is 4.21. The molecule has 0 aliphatic carbocycles. The van der Waals surface area contributed by atoms with Crippen LogP contribution in [-0.4, -0.2) is 48.7 Å². The van der Waals surface area contributed by atoms with Gasteiger partial charge in [0.15, 0.2) is 0 Å². The van der Waals surface area contributed by atoms with Crippen LogP contribution in [0.4, 0.5) is 5.69 Å². The summed E-state index contributed by atoms with van der Waals surface area (Å²) >= 11 is 0. The van der Waals surface area contributed by atoms with Crippen molar-refractivity contribution in [1.82, 2.24) is 4.90 Å². The number of anilines is 1. The fraction of sp³-hybridized carbons (Fsp3) is 0.588. The van der Waals surface area contributed by atoms with Gasteiger partial charge in [0.05, 0.1) is 5.41 Å². The Hall–Kier alpha value is -1.55. The van der Waals surface area contributed by atoms with Gasteiger partial charge in [0.25, 0.3) is 0 Å². The molecule has 0 radical (unpaired) electrons. The Morgan fingerprint density at radius 1 is 1.24 bits per heavy atom. The molecule has 1 aliphatic rings. The summed E-state index contributed by atoms with van der Waals surface area (Å²) in [4.78, 5) is 15.9. The van der Waals surface area contributed by atoms with Gasteiger partial charge in [-0.2, -0.15) is 0 Å². The van der Waals surface area contributed by atoms with E-state index in [4.69, 9.17) is 5.11 Å². The van der Waals surface area contributed by atoms with Crippen LogP contribution in [0.2, 0.25) is 0 Å². The summed E-state index contributed by atoms with van der Waals surface area (Å²) in [6.45, 7) is 10.6. The van der Waals surface area contributed by atoms with Gasteiger partial charge < -0.3 is 10.0 Å². The average molecular weight is 290 g/mol. The molecule has 0 aromatic heterocycles. The Balaban J connectivity index is 1.82. The number of hydrogen-bond acceptors (Lipinski definition) is 3. The zero-order valence-corrected chi connectivity index (χ0v) is 13.3. The van der Waals surface area contributed by atoms with Gasteiger partial charge in [-0.15, -0.1) is 0 Å². The van der Waals surface area contributed by atoms with E-state index in [0.717, 1.165) is 32.7 Å². The third-order valence-corrected chi connectivity index (χ3v) is 4.37. The van der Waals surface area contributed by atoms with E-state index < -0.39 is 11.4 Å². The first-order valence-corrected chi connectivity index (χ1v) is 7.66. The van der Waals surface area contributed by atoms with E-state index in [-0.39, 0.29) is 0 Å². The molecular weight excluding hydrogens is 264 g/mol. The molecule has 4 heteroatoms. The maximum Gasteiger partial charge on any atom is 0.309 e. The van der Waals surface area contributed by atoms with Crippen LogP contribution < -0.4 is 4.90 Å². The van der Waals surface area contributed by atoms with Crippen molar-refractivity contribution in [2.45, 2.75) is 27.2 Å². The van der Waals surface area contributed by atoms with Crippen LogP contribution >= 0.6 is 0 Å². The zero-order valence-electron chi connectivity index (χ0n) is 13.3.